The first-order valence-corrected chi connectivity index (χ1v) is 4.43. The van der Waals surface area contributed by atoms with Gasteiger partial charge < -0.3 is 4.74 Å². The molecule has 0 N–H and O–H groups in total. The second-order valence-corrected chi connectivity index (χ2v) is 3.42. The maximum absolute atomic E-state index is 11.4. The molecule has 0 unspecified atom stereocenters. The van der Waals surface area contributed by atoms with Crippen LogP contribution >= 0.6 is 0 Å². The number of Topliss-reactive ketones (excluding diaryl/α,β-unsaturated/α-hetero) is 1. The SMILES string of the molecule is COc1cc(C)cc2c1CCC2=O. The summed E-state index contributed by atoms with van der Waals surface area (Å²) in [5, 5.41) is 0. The minimum atomic E-state index is 0.247. The van der Waals surface area contributed by atoms with Gasteiger partial charge in [-0.2, -0.15) is 0 Å². The van der Waals surface area contributed by atoms with E-state index in [4.69, 9.17) is 4.74 Å². The lowest BCUT2D eigenvalue weighted by molar-refractivity contribution is 0.0994. The predicted molar refractivity (Wildman–Crippen MR) is 50.4 cm³/mol. The van der Waals surface area contributed by atoms with E-state index in [9.17, 15) is 4.79 Å². The summed E-state index contributed by atoms with van der Waals surface area (Å²) in [6.45, 7) is 1.98. The zero-order valence-corrected chi connectivity index (χ0v) is 7.89. The molecule has 0 bridgehead atoms. The predicted octanol–water partition coefficient (Wildman–Crippen LogP) is 2.13. The van der Waals surface area contributed by atoms with Gasteiger partial charge >= 0.3 is 0 Å². The van der Waals surface area contributed by atoms with Gasteiger partial charge in [0.2, 0.25) is 0 Å². The lowest BCUT2D eigenvalue weighted by Gasteiger charge is -2.07. The Hall–Kier alpha value is -1.31. The molecule has 0 radical (unpaired) electrons. The topological polar surface area (TPSA) is 26.3 Å². The Morgan fingerprint density at radius 2 is 2.08 bits per heavy atom. The maximum atomic E-state index is 11.4. The molecule has 0 saturated carbocycles. The summed E-state index contributed by atoms with van der Waals surface area (Å²) >= 11 is 0. The van der Waals surface area contributed by atoms with Crippen LogP contribution in [-0.4, -0.2) is 12.9 Å². The summed E-state index contributed by atoms with van der Waals surface area (Å²) < 4.78 is 5.23. The van der Waals surface area contributed by atoms with Gasteiger partial charge in [-0.15, -0.1) is 0 Å². The molecule has 0 spiro atoms. The summed E-state index contributed by atoms with van der Waals surface area (Å²) in [4.78, 5) is 11.4. The molecule has 0 atom stereocenters. The van der Waals surface area contributed by atoms with E-state index in [0.717, 1.165) is 28.9 Å². The minimum absolute atomic E-state index is 0.247. The van der Waals surface area contributed by atoms with E-state index in [2.05, 4.69) is 0 Å². The Balaban J connectivity index is 2.63. The molecule has 0 amide bonds. The molecule has 13 heavy (non-hydrogen) atoms. The van der Waals surface area contributed by atoms with Crippen molar-refractivity contribution in [2.24, 2.45) is 0 Å². The molecule has 1 aromatic carbocycles. The van der Waals surface area contributed by atoms with E-state index in [1.807, 2.05) is 19.1 Å². The molecule has 0 fully saturated rings. The van der Waals surface area contributed by atoms with Crippen LogP contribution in [0.15, 0.2) is 12.1 Å². The number of hydrogen-bond donors (Lipinski definition) is 0. The fourth-order valence-corrected chi connectivity index (χ4v) is 1.85. The molecule has 0 aliphatic heterocycles. The Bertz CT molecular complexity index is 367. The highest BCUT2D eigenvalue weighted by Gasteiger charge is 2.22. The summed E-state index contributed by atoms with van der Waals surface area (Å²) in [7, 11) is 1.65. The number of methoxy groups -OCH3 is 1. The van der Waals surface area contributed by atoms with Gasteiger partial charge in [0.15, 0.2) is 5.78 Å². The normalized spacial score (nSPS) is 14.5. The maximum Gasteiger partial charge on any atom is 0.163 e. The fourth-order valence-electron chi connectivity index (χ4n) is 1.85. The molecule has 0 heterocycles. The highest BCUT2D eigenvalue weighted by molar-refractivity contribution is 6.01. The van der Waals surface area contributed by atoms with Gasteiger partial charge in [-0.1, -0.05) is 0 Å². The van der Waals surface area contributed by atoms with Gasteiger partial charge in [0.25, 0.3) is 0 Å². The Morgan fingerprint density at radius 1 is 1.31 bits per heavy atom. The molecule has 1 aromatic rings. The Morgan fingerprint density at radius 3 is 2.77 bits per heavy atom. The monoisotopic (exact) mass is 176 g/mol. The zero-order valence-electron chi connectivity index (χ0n) is 7.89. The van der Waals surface area contributed by atoms with Crippen LogP contribution in [0, 0.1) is 6.92 Å². The van der Waals surface area contributed by atoms with Crippen LogP contribution in [0.4, 0.5) is 0 Å². The number of ether oxygens (including phenoxy) is 1. The first-order chi connectivity index (χ1) is 6.22. The minimum Gasteiger partial charge on any atom is -0.496 e. The second kappa shape index (κ2) is 2.87. The van der Waals surface area contributed by atoms with Crippen molar-refractivity contribution in [1.82, 2.24) is 0 Å². The van der Waals surface area contributed by atoms with Crippen molar-refractivity contribution < 1.29 is 9.53 Å². The third-order valence-electron chi connectivity index (χ3n) is 2.48. The quantitative estimate of drug-likeness (QED) is 0.655. The van der Waals surface area contributed by atoms with E-state index in [-0.39, 0.29) is 5.78 Å². The fraction of sp³-hybridized carbons (Fsp3) is 0.364. The van der Waals surface area contributed by atoms with Crippen molar-refractivity contribution in [3.63, 3.8) is 0 Å². The van der Waals surface area contributed by atoms with Gasteiger partial charge in [-0.25, -0.2) is 0 Å². The van der Waals surface area contributed by atoms with Crippen LogP contribution in [0.5, 0.6) is 5.75 Å². The molecule has 0 aromatic heterocycles. The van der Waals surface area contributed by atoms with Crippen LogP contribution in [-0.2, 0) is 6.42 Å². The molecular weight excluding hydrogens is 164 g/mol. The number of carbonyl (C=O) groups is 1. The Kier molecular flexibility index (Phi) is 1.83. The van der Waals surface area contributed by atoms with Crippen LogP contribution < -0.4 is 4.74 Å². The van der Waals surface area contributed by atoms with E-state index >= 15 is 0 Å². The summed E-state index contributed by atoms with van der Waals surface area (Å²) in [6.07, 6.45) is 1.47. The number of ketones is 1. The van der Waals surface area contributed by atoms with Gasteiger partial charge in [0, 0.05) is 17.5 Å². The highest BCUT2D eigenvalue weighted by atomic mass is 16.5. The smallest absolute Gasteiger partial charge is 0.163 e. The summed E-state index contributed by atoms with van der Waals surface area (Å²) in [5.74, 6) is 1.11. The molecule has 2 nitrogen and oxygen atoms in total. The average molecular weight is 176 g/mol. The molecule has 2 rings (SSSR count). The van der Waals surface area contributed by atoms with Crippen molar-refractivity contribution in [3.05, 3.63) is 28.8 Å². The Labute approximate surface area is 77.5 Å². The largest absolute Gasteiger partial charge is 0.496 e. The van der Waals surface area contributed by atoms with Crippen molar-refractivity contribution in [3.8, 4) is 5.75 Å². The van der Waals surface area contributed by atoms with Crippen LogP contribution in [0.3, 0.4) is 0 Å². The molecule has 0 saturated heterocycles. The second-order valence-electron chi connectivity index (χ2n) is 3.42. The van der Waals surface area contributed by atoms with Crippen LogP contribution in [0.25, 0.3) is 0 Å². The lowest BCUT2D eigenvalue weighted by atomic mass is 10.1. The number of fused-ring (bicyclic) bond motifs is 1. The number of aryl methyl sites for hydroxylation is 1. The molecule has 68 valence electrons. The van der Waals surface area contributed by atoms with E-state index in [0.29, 0.717) is 6.42 Å². The number of carbonyl (C=O) groups excluding carboxylic acids is 1. The van der Waals surface area contributed by atoms with Gasteiger partial charge in [0.1, 0.15) is 5.75 Å². The van der Waals surface area contributed by atoms with Crippen molar-refractivity contribution >= 4 is 5.78 Å². The lowest BCUT2D eigenvalue weighted by Crippen LogP contribution is -1.95. The number of benzene rings is 1. The third-order valence-corrected chi connectivity index (χ3v) is 2.48. The summed E-state index contributed by atoms with van der Waals surface area (Å²) in [6, 6.07) is 3.94. The summed E-state index contributed by atoms with van der Waals surface area (Å²) in [5.41, 5.74) is 3.03. The van der Waals surface area contributed by atoms with Gasteiger partial charge in [-0.05, 0) is 31.0 Å². The molecule has 2 heteroatoms. The third kappa shape index (κ3) is 1.22. The molecular formula is C11H12O2. The first kappa shape index (κ1) is 8.30. The zero-order chi connectivity index (χ0) is 9.42. The van der Waals surface area contributed by atoms with E-state index in [1.165, 1.54) is 0 Å². The molecule has 1 aliphatic carbocycles. The van der Waals surface area contributed by atoms with Gasteiger partial charge in [-0.3, -0.25) is 4.79 Å². The van der Waals surface area contributed by atoms with E-state index < -0.39 is 0 Å². The average Bonchev–Trinajstić information content (AvgIpc) is 2.47. The van der Waals surface area contributed by atoms with Crippen molar-refractivity contribution in [2.75, 3.05) is 7.11 Å². The number of hydrogen-bond acceptors (Lipinski definition) is 2. The van der Waals surface area contributed by atoms with Crippen LogP contribution in [0.1, 0.15) is 27.9 Å². The van der Waals surface area contributed by atoms with Crippen molar-refractivity contribution in [2.45, 2.75) is 19.8 Å². The number of rotatable bonds is 1. The highest BCUT2D eigenvalue weighted by Crippen LogP contribution is 2.31. The standard InChI is InChI=1S/C11H12O2/c1-7-5-9-8(3-4-10(9)12)11(6-7)13-2/h5-6H,3-4H2,1-2H3. The van der Waals surface area contributed by atoms with Crippen molar-refractivity contribution in [1.29, 1.82) is 0 Å². The molecule has 1 aliphatic rings. The first-order valence-electron chi connectivity index (χ1n) is 4.43. The van der Waals surface area contributed by atoms with Crippen LogP contribution in [0.2, 0.25) is 0 Å². The van der Waals surface area contributed by atoms with E-state index in [1.54, 1.807) is 7.11 Å². The van der Waals surface area contributed by atoms with Gasteiger partial charge in [0.05, 0.1) is 7.11 Å².